The average Bonchev–Trinajstić information content (AvgIpc) is 2.62. The molecule has 0 radical (unpaired) electrons. The number of rotatable bonds is 5. The zero-order valence-corrected chi connectivity index (χ0v) is 11.3. The molecule has 0 spiro atoms. The molecule has 0 bridgehead atoms. The van der Waals surface area contributed by atoms with Gasteiger partial charge in [-0.05, 0) is 34.0 Å². The Morgan fingerprint density at radius 3 is 2.73 bits per heavy atom. The van der Waals surface area contributed by atoms with Gasteiger partial charge in [-0.25, -0.2) is 13.1 Å². The van der Waals surface area contributed by atoms with Gasteiger partial charge in [-0.15, -0.1) is 11.3 Å². The van der Waals surface area contributed by atoms with Crippen LogP contribution in [0.5, 0.6) is 0 Å². The van der Waals surface area contributed by atoms with Crippen molar-refractivity contribution in [3.05, 3.63) is 15.9 Å². The van der Waals surface area contributed by atoms with Crippen molar-refractivity contribution >= 4 is 37.3 Å². The second-order valence-electron chi connectivity index (χ2n) is 3.20. The summed E-state index contributed by atoms with van der Waals surface area (Å²) in [5.41, 5.74) is 0. The fourth-order valence-electron chi connectivity index (χ4n) is 0.830. The lowest BCUT2D eigenvalue weighted by Crippen LogP contribution is -2.29. The molecule has 1 atom stereocenters. The standard InChI is InChI=1S/C8H12BrNO3S2/c1-6(5-11)4-10-15(12,13)8-3-2-7(9)14-8/h2-3,6,10-11H,4-5H2,1H3. The van der Waals surface area contributed by atoms with Crippen molar-refractivity contribution in [3.63, 3.8) is 0 Å². The molecule has 7 heteroatoms. The molecule has 0 saturated heterocycles. The normalized spacial score (nSPS) is 14.1. The lowest BCUT2D eigenvalue weighted by Gasteiger charge is -2.08. The first-order valence-electron chi connectivity index (χ1n) is 4.31. The minimum absolute atomic E-state index is 0.0311. The van der Waals surface area contributed by atoms with E-state index in [9.17, 15) is 8.42 Å². The summed E-state index contributed by atoms with van der Waals surface area (Å²) in [5.74, 6) is -0.0804. The lowest BCUT2D eigenvalue weighted by atomic mass is 10.2. The fourth-order valence-corrected chi connectivity index (χ4v) is 4.05. The topological polar surface area (TPSA) is 66.4 Å². The van der Waals surface area contributed by atoms with Crippen molar-refractivity contribution < 1.29 is 13.5 Å². The number of aliphatic hydroxyl groups is 1. The number of thiophene rings is 1. The van der Waals surface area contributed by atoms with Crippen LogP contribution in [0.2, 0.25) is 0 Å². The molecule has 0 fully saturated rings. The number of sulfonamides is 1. The second-order valence-corrected chi connectivity index (χ2v) is 7.65. The van der Waals surface area contributed by atoms with E-state index in [1.54, 1.807) is 19.1 Å². The molecule has 1 aromatic rings. The zero-order chi connectivity index (χ0) is 11.5. The van der Waals surface area contributed by atoms with Crippen LogP contribution in [0.3, 0.4) is 0 Å². The van der Waals surface area contributed by atoms with Crippen LogP contribution in [-0.4, -0.2) is 26.7 Å². The number of hydrogen-bond acceptors (Lipinski definition) is 4. The van der Waals surface area contributed by atoms with E-state index in [0.717, 1.165) is 15.1 Å². The van der Waals surface area contributed by atoms with Crippen molar-refractivity contribution in [3.8, 4) is 0 Å². The fraction of sp³-hybridized carbons (Fsp3) is 0.500. The summed E-state index contributed by atoms with van der Waals surface area (Å²) in [4.78, 5) is 0. The number of nitrogens with one attached hydrogen (secondary N) is 1. The molecular formula is C8H12BrNO3S2. The van der Waals surface area contributed by atoms with Crippen LogP contribution >= 0.6 is 27.3 Å². The summed E-state index contributed by atoms with van der Waals surface area (Å²) >= 11 is 4.36. The SMILES string of the molecule is CC(CO)CNS(=O)(=O)c1ccc(Br)s1. The molecule has 0 amide bonds. The molecular weight excluding hydrogens is 302 g/mol. The smallest absolute Gasteiger partial charge is 0.250 e. The van der Waals surface area contributed by atoms with E-state index in [1.165, 1.54) is 0 Å². The van der Waals surface area contributed by atoms with E-state index < -0.39 is 10.0 Å². The number of halogens is 1. The molecule has 4 nitrogen and oxygen atoms in total. The van der Waals surface area contributed by atoms with E-state index in [4.69, 9.17) is 5.11 Å². The minimum atomic E-state index is -3.42. The number of aliphatic hydroxyl groups excluding tert-OH is 1. The van der Waals surface area contributed by atoms with Crippen molar-refractivity contribution in [2.75, 3.05) is 13.2 Å². The predicted molar refractivity (Wildman–Crippen MR) is 63.5 cm³/mol. The van der Waals surface area contributed by atoms with Gasteiger partial charge in [0, 0.05) is 13.2 Å². The Hall–Kier alpha value is 0.0500. The van der Waals surface area contributed by atoms with Crippen LogP contribution in [0, 0.1) is 5.92 Å². The van der Waals surface area contributed by atoms with Crippen LogP contribution in [-0.2, 0) is 10.0 Å². The van der Waals surface area contributed by atoms with Crippen molar-refractivity contribution in [2.24, 2.45) is 5.92 Å². The van der Waals surface area contributed by atoms with Crippen molar-refractivity contribution in [1.29, 1.82) is 0 Å². The second kappa shape index (κ2) is 5.40. The summed E-state index contributed by atoms with van der Waals surface area (Å²) in [6.45, 7) is 1.98. The minimum Gasteiger partial charge on any atom is -0.396 e. The molecule has 1 rings (SSSR count). The maximum absolute atomic E-state index is 11.7. The summed E-state index contributed by atoms with van der Waals surface area (Å²) in [7, 11) is -3.42. The Morgan fingerprint density at radius 2 is 2.27 bits per heavy atom. The van der Waals surface area contributed by atoms with E-state index in [0.29, 0.717) is 0 Å². The van der Waals surface area contributed by atoms with Crippen LogP contribution in [0.15, 0.2) is 20.1 Å². The Kier molecular flexibility index (Phi) is 4.72. The van der Waals surface area contributed by atoms with Crippen LogP contribution in [0.1, 0.15) is 6.92 Å². The maximum Gasteiger partial charge on any atom is 0.250 e. The molecule has 0 aromatic carbocycles. The highest BCUT2D eigenvalue weighted by molar-refractivity contribution is 9.11. The molecule has 1 unspecified atom stereocenters. The van der Waals surface area contributed by atoms with Gasteiger partial charge in [0.15, 0.2) is 0 Å². The first-order chi connectivity index (χ1) is 6.95. The molecule has 0 saturated carbocycles. The van der Waals surface area contributed by atoms with Gasteiger partial charge in [-0.3, -0.25) is 0 Å². The highest BCUT2D eigenvalue weighted by Gasteiger charge is 2.16. The van der Waals surface area contributed by atoms with Gasteiger partial charge in [0.1, 0.15) is 4.21 Å². The van der Waals surface area contributed by atoms with E-state index >= 15 is 0 Å². The van der Waals surface area contributed by atoms with Gasteiger partial charge in [-0.2, -0.15) is 0 Å². The Balaban J connectivity index is 2.68. The third-order valence-corrected chi connectivity index (χ3v) is 5.29. The molecule has 1 heterocycles. The average molecular weight is 314 g/mol. The quantitative estimate of drug-likeness (QED) is 0.864. The van der Waals surface area contributed by atoms with E-state index in [2.05, 4.69) is 20.7 Å². The summed E-state index contributed by atoms with van der Waals surface area (Å²) in [6.07, 6.45) is 0. The highest BCUT2D eigenvalue weighted by atomic mass is 79.9. The van der Waals surface area contributed by atoms with Crippen molar-refractivity contribution in [1.82, 2.24) is 4.72 Å². The third-order valence-electron chi connectivity index (χ3n) is 1.75. The van der Waals surface area contributed by atoms with Gasteiger partial charge in [0.25, 0.3) is 0 Å². The Morgan fingerprint density at radius 1 is 1.60 bits per heavy atom. The molecule has 1 aromatic heterocycles. The molecule has 0 aliphatic carbocycles. The highest BCUT2D eigenvalue weighted by Crippen LogP contribution is 2.25. The van der Waals surface area contributed by atoms with Crippen molar-refractivity contribution in [2.45, 2.75) is 11.1 Å². The summed E-state index contributed by atoms with van der Waals surface area (Å²) in [6, 6.07) is 3.23. The molecule has 15 heavy (non-hydrogen) atoms. The monoisotopic (exact) mass is 313 g/mol. The van der Waals surface area contributed by atoms with Crippen LogP contribution in [0.25, 0.3) is 0 Å². The van der Waals surface area contributed by atoms with E-state index in [-0.39, 0.29) is 23.3 Å². The summed E-state index contributed by atoms with van der Waals surface area (Å²) < 4.78 is 26.8. The lowest BCUT2D eigenvalue weighted by molar-refractivity contribution is 0.238. The van der Waals surface area contributed by atoms with Gasteiger partial charge < -0.3 is 5.11 Å². The van der Waals surface area contributed by atoms with Crippen LogP contribution in [0.4, 0.5) is 0 Å². The molecule has 0 aliphatic rings. The van der Waals surface area contributed by atoms with Crippen LogP contribution < -0.4 is 4.72 Å². The Bertz CT molecular complexity index is 415. The van der Waals surface area contributed by atoms with Gasteiger partial charge in [0.05, 0.1) is 3.79 Å². The van der Waals surface area contributed by atoms with Gasteiger partial charge in [-0.1, -0.05) is 6.92 Å². The van der Waals surface area contributed by atoms with Gasteiger partial charge in [0.2, 0.25) is 10.0 Å². The summed E-state index contributed by atoms with van der Waals surface area (Å²) in [5, 5.41) is 8.77. The zero-order valence-electron chi connectivity index (χ0n) is 8.10. The van der Waals surface area contributed by atoms with E-state index in [1.807, 2.05) is 0 Å². The molecule has 86 valence electrons. The van der Waals surface area contributed by atoms with Gasteiger partial charge >= 0.3 is 0 Å². The molecule has 0 aliphatic heterocycles. The Labute approximate surface area is 102 Å². The maximum atomic E-state index is 11.7. The predicted octanol–water partition coefficient (Wildman–Crippen LogP) is 1.42. The molecule has 2 N–H and O–H groups in total. The first-order valence-corrected chi connectivity index (χ1v) is 7.41. The largest absolute Gasteiger partial charge is 0.396 e. The number of hydrogen-bond donors (Lipinski definition) is 2. The first kappa shape index (κ1) is 13.1. The third kappa shape index (κ3) is 3.84.